The molecule has 2 aromatic rings. The van der Waals surface area contributed by atoms with E-state index in [1.54, 1.807) is 43.3 Å². The molecule has 0 saturated heterocycles. The molecule has 0 bridgehead atoms. The molecule has 0 saturated carbocycles. The van der Waals surface area contributed by atoms with Crippen molar-refractivity contribution in [1.82, 2.24) is 0 Å². The summed E-state index contributed by atoms with van der Waals surface area (Å²) < 4.78 is 21.1. The van der Waals surface area contributed by atoms with Gasteiger partial charge in [0.2, 0.25) is 0 Å². The molecule has 202 valence electrons. The fraction of sp³-hybridized carbons (Fsp3) is 0.538. The van der Waals surface area contributed by atoms with Gasteiger partial charge in [-0.1, -0.05) is 19.1 Å². The Bertz CT molecular complexity index is 983. The first-order valence-electron chi connectivity index (χ1n) is 11.5. The molecular weight excluding hydrogens is 472 g/mol. The highest BCUT2D eigenvalue weighted by Crippen LogP contribution is 2.37. The van der Waals surface area contributed by atoms with Gasteiger partial charge in [0.15, 0.2) is 23.0 Å². The summed E-state index contributed by atoms with van der Waals surface area (Å²) in [4.78, 5) is 0. The predicted molar refractivity (Wildman–Crippen MR) is 132 cm³/mol. The second kappa shape index (κ2) is 12.6. The number of hydrogen-bond acceptors (Lipinski definition) is 10. The van der Waals surface area contributed by atoms with Gasteiger partial charge < -0.3 is 49.6 Å². The molecule has 0 radical (unpaired) electrons. The van der Waals surface area contributed by atoms with Crippen LogP contribution in [0.4, 0.5) is 0 Å². The molecule has 2 aromatic carbocycles. The lowest BCUT2D eigenvalue weighted by Crippen LogP contribution is -2.66. The van der Waals surface area contributed by atoms with E-state index in [0.717, 1.165) is 0 Å². The largest absolute Gasteiger partial charge is 0.493 e. The highest BCUT2D eigenvalue weighted by Gasteiger charge is 2.53. The molecule has 0 spiro atoms. The van der Waals surface area contributed by atoms with Gasteiger partial charge in [0.05, 0.1) is 40.6 Å². The van der Waals surface area contributed by atoms with Crippen LogP contribution in [0.5, 0.6) is 23.0 Å². The van der Waals surface area contributed by atoms with E-state index in [2.05, 4.69) is 0 Å². The monoisotopic (exact) mass is 510 g/mol. The van der Waals surface area contributed by atoms with Crippen LogP contribution in [0.15, 0.2) is 36.4 Å². The van der Waals surface area contributed by atoms with Crippen LogP contribution in [-0.4, -0.2) is 95.2 Å². The summed E-state index contributed by atoms with van der Waals surface area (Å²) in [7, 11) is 5.86. The first kappa shape index (κ1) is 29.6. The van der Waals surface area contributed by atoms with Crippen LogP contribution in [0, 0.1) is 0 Å². The van der Waals surface area contributed by atoms with Gasteiger partial charge in [-0.15, -0.1) is 0 Å². The Morgan fingerprint density at radius 3 is 1.56 bits per heavy atom. The van der Waals surface area contributed by atoms with E-state index >= 15 is 0 Å². The van der Waals surface area contributed by atoms with Crippen LogP contribution in [0.1, 0.15) is 24.5 Å². The summed E-state index contributed by atoms with van der Waals surface area (Å²) in [5, 5.41) is 65.1. The molecule has 6 N–H and O–H groups in total. The molecular formula is C26H38O10. The van der Waals surface area contributed by atoms with Crippen molar-refractivity contribution in [3.63, 3.8) is 0 Å². The summed E-state index contributed by atoms with van der Waals surface area (Å²) in [6.07, 6.45) is -6.27. The minimum Gasteiger partial charge on any atom is -0.493 e. The third-order valence-electron chi connectivity index (χ3n) is 6.55. The van der Waals surface area contributed by atoms with Gasteiger partial charge in [0, 0.05) is 12.8 Å². The Morgan fingerprint density at radius 2 is 1.17 bits per heavy atom. The number of methoxy groups -OCH3 is 4. The molecule has 10 heteroatoms. The van der Waals surface area contributed by atoms with Crippen LogP contribution in [0.3, 0.4) is 0 Å². The molecule has 0 aliphatic carbocycles. The summed E-state index contributed by atoms with van der Waals surface area (Å²) in [5.74, 6) is 1.67. The fourth-order valence-corrected chi connectivity index (χ4v) is 4.34. The number of benzene rings is 2. The van der Waals surface area contributed by atoms with Gasteiger partial charge in [-0.05, 0) is 41.8 Å². The number of aliphatic hydroxyl groups excluding tert-OH is 4. The van der Waals surface area contributed by atoms with Crippen LogP contribution in [0.25, 0.3) is 0 Å². The molecule has 0 heterocycles. The van der Waals surface area contributed by atoms with E-state index in [1.165, 1.54) is 28.4 Å². The Hall–Kier alpha value is -2.60. The lowest BCUT2D eigenvalue weighted by atomic mass is 9.72. The zero-order valence-corrected chi connectivity index (χ0v) is 21.3. The van der Waals surface area contributed by atoms with E-state index in [0.29, 0.717) is 34.1 Å². The highest BCUT2D eigenvalue weighted by molar-refractivity contribution is 5.44. The molecule has 36 heavy (non-hydrogen) atoms. The lowest BCUT2D eigenvalue weighted by Gasteiger charge is -2.45. The smallest absolute Gasteiger partial charge is 0.160 e. The van der Waals surface area contributed by atoms with Gasteiger partial charge in [-0.3, -0.25) is 0 Å². The first-order chi connectivity index (χ1) is 17.0. The van der Waals surface area contributed by atoms with Crippen molar-refractivity contribution >= 4 is 0 Å². The normalized spacial score (nSPS) is 17.3. The van der Waals surface area contributed by atoms with Gasteiger partial charge in [-0.2, -0.15) is 0 Å². The Balaban J connectivity index is 2.51. The second-order valence-corrected chi connectivity index (χ2v) is 8.78. The SMILES string of the molecule is CCC(O)(Cc1ccc(OC)c(OC)c1)[C@@H](O)[C@@](O)(Cc1ccc(OC)c(OC)c1)[C@H](O)[C@@H](O)CO. The van der Waals surface area contributed by atoms with Crippen molar-refractivity contribution in [1.29, 1.82) is 0 Å². The van der Waals surface area contributed by atoms with E-state index in [1.807, 2.05) is 0 Å². The first-order valence-corrected chi connectivity index (χ1v) is 11.5. The maximum Gasteiger partial charge on any atom is 0.160 e. The molecule has 0 aliphatic heterocycles. The number of rotatable bonds is 14. The minimum atomic E-state index is -2.47. The molecule has 10 nitrogen and oxygen atoms in total. The van der Waals surface area contributed by atoms with Gasteiger partial charge >= 0.3 is 0 Å². The zero-order chi connectivity index (χ0) is 27.1. The van der Waals surface area contributed by atoms with Gasteiger partial charge in [0.25, 0.3) is 0 Å². The molecule has 0 fully saturated rings. The molecule has 0 aliphatic rings. The molecule has 5 atom stereocenters. The van der Waals surface area contributed by atoms with Crippen LogP contribution in [-0.2, 0) is 12.8 Å². The summed E-state index contributed by atoms with van der Waals surface area (Å²) in [6, 6.07) is 9.70. The number of hydrogen-bond donors (Lipinski definition) is 6. The summed E-state index contributed by atoms with van der Waals surface area (Å²) >= 11 is 0. The average Bonchev–Trinajstić information content (AvgIpc) is 2.91. The van der Waals surface area contributed by atoms with E-state index in [4.69, 9.17) is 18.9 Å². The van der Waals surface area contributed by atoms with E-state index < -0.39 is 36.1 Å². The van der Waals surface area contributed by atoms with Crippen LogP contribution >= 0.6 is 0 Å². The van der Waals surface area contributed by atoms with E-state index in [9.17, 15) is 30.6 Å². The predicted octanol–water partition coefficient (Wildman–Crippen LogP) is 0.453. The summed E-state index contributed by atoms with van der Waals surface area (Å²) in [6.45, 7) is 0.748. The van der Waals surface area contributed by atoms with Gasteiger partial charge in [0.1, 0.15) is 23.9 Å². The molecule has 0 amide bonds. The molecule has 1 unspecified atom stereocenters. The lowest BCUT2D eigenvalue weighted by molar-refractivity contribution is -0.229. The van der Waals surface area contributed by atoms with Crippen molar-refractivity contribution in [3.05, 3.63) is 47.5 Å². The van der Waals surface area contributed by atoms with Gasteiger partial charge in [-0.25, -0.2) is 0 Å². The zero-order valence-electron chi connectivity index (χ0n) is 21.3. The third kappa shape index (κ3) is 6.20. The Kier molecular flexibility index (Phi) is 10.4. The van der Waals surface area contributed by atoms with Crippen molar-refractivity contribution in [2.24, 2.45) is 0 Å². The summed E-state index contributed by atoms with van der Waals surface area (Å²) in [5.41, 5.74) is -3.42. The number of aliphatic hydroxyl groups is 6. The van der Waals surface area contributed by atoms with Crippen LogP contribution < -0.4 is 18.9 Å². The highest BCUT2D eigenvalue weighted by atomic mass is 16.5. The third-order valence-corrected chi connectivity index (χ3v) is 6.55. The second-order valence-electron chi connectivity index (χ2n) is 8.78. The fourth-order valence-electron chi connectivity index (χ4n) is 4.34. The van der Waals surface area contributed by atoms with Crippen molar-refractivity contribution in [2.75, 3.05) is 35.0 Å². The Labute approximate surface area is 211 Å². The maximum atomic E-state index is 11.7. The topological polar surface area (TPSA) is 158 Å². The average molecular weight is 511 g/mol. The van der Waals surface area contributed by atoms with Crippen molar-refractivity contribution in [3.8, 4) is 23.0 Å². The molecule has 0 aromatic heterocycles. The maximum absolute atomic E-state index is 11.7. The van der Waals surface area contributed by atoms with Crippen LogP contribution in [0.2, 0.25) is 0 Å². The van der Waals surface area contributed by atoms with Crippen molar-refractivity contribution < 1.29 is 49.6 Å². The minimum absolute atomic E-state index is 0.0152. The molecule has 2 rings (SSSR count). The quantitative estimate of drug-likeness (QED) is 0.211. The standard InChI is InChI=1S/C26H38O10/c1-6-25(31,13-16-7-9-19(33-2)21(11-16)35-4)24(30)26(32,23(29)18(28)15-27)14-17-8-10-20(34-3)22(12-17)36-5/h7-12,18,23-24,27-32H,6,13-15H2,1-5H3/t18-,23+,24+,25?,26+/m0/s1. The number of ether oxygens (including phenoxy) is 4. The van der Waals surface area contributed by atoms with Crippen molar-refractivity contribution in [2.45, 2.75) is 55.7 Å². The van der Waals surface area contributed by atoms with E-state index in [-0.39, 0.29) is 19.3 Å². The Morgan fingerprint density at radius 1 is 0.722 bits per heavy atom.